The molecule has 1 fully saturated rings. The van der Waals surface area contributed by atoms with E-state index in [9.17, 15) is 5.11 Å². The van der Waals surface area contributed by atoms with E-state index < -0.39 is 11.5 Å². The van der Waals surface area contributed by atoms with Crippen molar-refractivity contribution < 1.29 is 5.11 Å². The van der Waals surface area contributed by atoms with Crippen LogP contribution in [0.5, 0.6) is 0 Å². The van der Waals surface area contributed by atoms with E-state index >= 15 is 0 Å². The first kappa shape index (κ1) is 10.2. The molecule has 74 valence electrons. The smallest absolute Gasteiger partial charge is 0.107 e. The van der Waals surface area contributed by atoms with Crippen LogP contribution in [0.2, 0.25) is 0 Å². The molecular formula is C10H10BrNOS. The van der Waals surface area contributed by atoms with Crippen LogP contribution in [0.25, 0.3) is 0 Å². The first-order valence-electron chi connectivity index (χ1n) is 4.52. The summed E-state index contributed by atoms with van der Waals surface area (Å²) in [4.78, 5) is 0.887. The minimum absolute atomic E-state index is 0.510. The third-order valence-corrected chi connectivity index (χ3v) is 4.53. The van der Waals surface area contributed by atoms with Crippen LogP contribution in [0.4, 0.5) is 0 Å². The molecule has 4 heteroatoms. The summed E-state index contributed by atoms with van der Waals surface area (Å²) in [5.74, 6) is 0. The molecule has 1 atom stereocenters. The van der Waals surface area contributed by atoms with Gasteiger partial charge in [0, 0.05) is 4.88 Å². The molecule has 1 aliphatic rings. The molecule has 1 aromatic rings. The first-order valence-corrected chi connectivity index (χ1v) is 6.13. The summed E-state index contributed by atoms with van der Waals surface area (Å²) in [6, 6.07) is 6.06. The molecule has 0 bridgehead atoms. The summed E-state index contributed by atoms with van der Waals surface area (Å²) in [5.41, 5.74) is -0.510. The third kappa shape index (κ3) is 1.50. The van der Waals surface area contributed by atoms with E-state index in [0.29, 0.717) is 0 Å². The van der Waals surface area contributed by atoms with Crippen LogP contribution in [-0.4, -0.2) is 5.11 Å². The van der Waals surface area contributed by atoms with E-state index in [4.69, 9.17) is 5.26 Å². The van der Waals surface area contributed by atoms with Crippen molar-refractivity contribution in [2.24, 2.45) is 5.41 Å². The maximum Gasteiger partial charge on any atom is 0.107 e. The zero-order valence-corrected chi connectivity index (χ0v) is 9.94. The van der Waals surface area contributed by atoms with E-state index in [1.807, 2.05) is 12.1 Å². The van der Waals surface area contributed by atoms with Gasteiger partial charge >= 0.3 is 0 Å². The Morgan fingerprint density at radius 1 is 1.57 bits per heavy atom. The van der Waals surface area contributed by atoms with Crippen LogP contribution in [0.1, 0.15) is 30.2 Å². The highest BCUT2D eigenvalue weighted by atomic mass is 79.9. The van der Waals surface area contributed by atoms with Crippen LogP contribution < -0.4 is 0 Å². The van der Waals surface area contributed by atoms with Gasteiger partial charge in [-0.05, 0) is 40.9 Å². The predicted octanol–water partition coefficient (Wildman–Crippen LogP) is 3.24. The van der Waals surface area contributed by atoms with Crippen molar-refractivity contribution in [3.8, 4) is 6.07 Å². The van der Waals surface area contributed by atoms with Crippen LogP contribution >= 0.6 is 27.3 Å². The molecule has 14 heavy (non-hydrogen) atoms. The SMILES string of the molecule is N#CC1(C(O)c2ccc(Br)s2)CCC1. The Bertz CT molecular complexity index is 378. The quantitative estimate of drug-likeness (QED) is 0.898. The standard InChI is InChI=1S/C10H10BrNOS/c11-8-3-2-7(14-8)9(13)10(6-12)4-1-5-10/h2-3,9,13H,1,4-5H2. The molecular weight excluding hydrogens is 262 g/mol. The molecule has 1 heterocycles. The molecule has 0 saturated heterocycles. The summed E-state index contributed by atoms with van der Waals surface area (Å²) in [6.07, 6.45) is 2.08. The lowest BCUT2D eigenvalue weighted by atomic mass is 9.66. The molecule has 2 rings (SSSR count). The number of nitrogens with zero attached hydrogens (tertiary/aromatic N) is 1. The maximum absolute atomic E-state index is 10.1. The van der Waals surface area contributed by atoms with Crippen LogP contribution in [0.3, 0.4) is 0 Å². The lowest BCUT2D eigenvalue weighted by molar-refractivity contribution is 0.0104. The summed E-state index contributed by atoms with van der Waals surface area (Å²) in [5, 5.41) is 19.1. The molecule has 0 aliphatic heterocycles. The van der Waals surface area contributed by atoms with Crippen LogP contribution in [-0.2, 0) is 0 Å². The normalized spacial score (nSPS) is 20.9. The summed E-state index contributed by atoms with van der Waals surface area (Å²) < 4.78 is 0.999. The summed E-state index contributed by atoms with van der Waals surface area (Å²) in [6.45, 7) is 0. The highest BCUT2D eigenvalue weighted by molar-refractivity contribution is 9.11. The Hall–Kier alpha value is -0.370. The number of thiophene rings is 1. The van der Waals surface area contributed by atoms with Crippen molar-refractivity contribution in [3.63, 3.8) is 0 Å². The van der Waals surface area contributed by atoms with Gasteiger partial charge in [0.15, 0.2) is 0 Å². The van der Waals surface area contributed by atoms with Gasteiger partial charge in [-0.25, -0.2) is 0 Å². The Balaban J connectivity index is 2.23. The minimum Gasteiger partial charge on any atom is -0.386 e. The monoisotopic (exact) mass is 271 g/mol. The van der Waals surface area contributed by atoms with E-state index in [1.54, 1.807) is 0 Å². The summed E-state index contributed by atoms with van der Waals surface area (Å²) >= 11 is 4.86. The average molecular weight is 272 g/mol. The van der Waals surface area contributed by atoms with Gasteiger partial charge in [0.05, 0.1) is 15.3 Å². The molecule has 0 radical (unpaired) electrons. The van der Waals surface area contributed by atoms with E-state index in [1.165, 1.54) is 11.3 Å². The van der Waals surface area contributed by atoms with Gasteiger partial charge in [-0.1, -0.05) is 6.42 Å². The molecule has 0 amide bonds. The maximum atomic E-state index is 10.1. The number of hydrogen-bond acceptors (Lipinski definition) is 3. The van der Waals surface area contributed by atoms with Crippen molar-refractivity contribution in [1.82, 2.24) is 0 Å². The van der Waals surface area contributed by atoms with Crippen molar-refractivity contribution in [2.45, 2.75) is 25.4 Å². The number of rotatable bonds is 2. The number of aliphatic hydroxyl groups is 1. The number of hydrogen-bond donors (Lipinski definition) is 1. The number of nitriles is 1. The topological polar surface area (TPSA) is 44.0 Å². The Labute approximate surface area is 95.3 Å². The van der Waals surface area contributed by atoms with Gasteiger partial charge in [0.25, 0.3) is 0 Å². The predicted molar refractivity (Wildman–Crippen MR) is 58.9 cm³/mol. The first-order chi connectivity index (χ1) is 6.68. The van der Waals surface area contributed by atoms with Gasteiger partial charge in [-0.2, -0.15) is 5.26 Å². The van der Waals surface area contributed by atoms with Gasteiger partial charge < -0.3 is 5.11 Å². The molecule has 1 aliphatic carbocycles. The van der Waals surface area contributed by atoms with Crippen molar-refractivity contribution >= 4 is 27.3 Å². The second-order valence-electron chi connectivity index (χ2n) is 3.67. The van der Waals surface area contributed by atoms with Crippen molar-refractivity contribution in [2.75, 3.05) is 0 Å². The molecule has 0 aromatic carbocycles. The van der Waals surface area contributed by atoms with E-state index in [0.717, 1.165) is 27.9 Å². The summed E-state index contributed by atoms with van der Waals surface area (Å²) in [7, 11) is 0. The molecule has 1 aromatic heterocycles. The van der Waals surface area contributed by atoms with Crippen molar-refractivity contribution in [1.29, 1.82) is 5.26 Å². The van der Waals surface area contributed by atoms with E-state index in [2.05, 4.69) is 22.0 Å². The van der Waals surface area contributed by atoms with Gasteiger partial charge in [0.1, 0.15) is 6.10 Å². The largest absolute Gasteiger partial charge is 0.386 e. The van der Waals surface area contributed by atoms with Gasteiger partial charge in [-0.15, -0.1) is 11.3 Å². The Morgan fingerprint density at radius 2 is 2.29 bits per heavy atom. The van der Waals surface area contributed by atoms with Crippen LogP contribution in [0.15, 0.2) is 15.9 Å². The van der Waals surface area contributed by atoms with E-state index in [-0.39, 0.29) is 0 Å². The fraction of sp³-hybridized carbons (Fsp3) is 0.500. The molecule has 1 N–H and O–H groups in total. The fourth-order valence-electron chi connectivity index (χ4n) is 1.75. The zero-order chi connectivity index (χ0) is 10.2. The Morgan fingerprint density at radius 3 is 2.64 bits per heavy atom. The highest BCUT2D eigenvalue weighted by Gasteiger charge is 2.45. The Kier molecular flexibility index (Phi) is 2.65. The number of aliphatic hydroxyl groups excluding tert-OH is 1. The second kappa shape index (κ2) is 3.65. The molecule has 0 spiro atoms. The number of halogens is 1. The fourth-order valence-corrected chi connectivity index (χ4v) is 3.28. The molecule has 2 nitrogen and oxygen atoms in total. The average Bonchev–Trinajstić information content (AvgIpc) is 2.50. The minimum atomic E-state index is -0.613. The van der Waals surface area contributed by atoms with Crippen molar-refractivity contribution in [3.05, 3.63) is 20.8 Å². The lowest BCUT2D eigenvalue weighted by Crippen LogP contribution is -2.34. The highest BCUT2D eigenvalue weighted by Crippen LogP contribution is 2.51. The second-order valence-corrected chi connectivity index (χ2v) is 6.16. The molecule has 1 unspecified atom stereocenters. The third-order valence-electron chi connectivity index (χ3n) is 2.86. The van der Waals surface area contributed by atoms with Gasteiger partial charge in [-0.3, -0.25) is 0 Å². The van der Waals surface area contributed by atoms with Crippen LogP contribution in [0, 0.1) is 16.7 Å². The zero-order valence-electron chi connectivity index (χ0n) is 7.53. The molecule has 1 saturated carbocycles. The lowest BCUT2D eigenvalue weighted by Gasteiger charge is -2.38. The van der Waals surface area contributed by atoms with Gasteiger partial charge in [0.2, 0.25) is 0 Å².